The third-order valence-corrected chi connectivity index (χ3v) is 1.77. The number of aromatic nitrogens is 1. The Kier molecular flexibility index (Phi) is 1.25. The first-order valence-electron chi connectivity index (χ1n) is 3.37. The van der Waals surface area contributed by atoms with E-state index in [0.717, 1.165) is 18.9 Å². The molecule has 54 valence electrons. The molecule has 0 saturated carbocycles. The van der Waals surface area contributed by atoms with Gasteiger partial charge in [0.25, 0.3) is 0 Å². The van der Waals surface area contributed by atoms with Crippen LogP contribution in [0.4, 0.5) is 0 Å². The maximum Gasteiger partial charge on any atom is 0.0874 e. The van der Waals surface area contributed by atoms with Crippen molar-refractivity contribution in [1.82, 2.24) is 4.98 Å². The molecule has 0 aromatic carbocycles. The van der Waals surface area contributed by atoms with Crippen LogP contribution in [0.5, 0.6) is 0 Å². The van der Waals surface area contributed by atoms with E-state index in [0.29, 0.717) is 6.54 Å². The second kappa shape index (κ2) is 2.11. The second-order valence-electron chi connectivity index (χ2n) is 2.50. The lowest BCUT2D eigenvalue weighted by molar-refractivity contribution is 0.132. The van der Waals surface area contributed by atoms with Crippen LogP contribution in [-0.2, 0) is 24.5 Å². The maximum atomic E-state index is 5.44. The number of rotatable bonds is 1. The van der Waals surface area contributed by atoms with Gasteiger partial charge in [-0.15, -0.1) is 0 Å². The molecular formula is C7H10N2O. The van der Waals surface area contributed by atoms with E-state index in [-0.39, 0.29) is 0 Å². The van der Waals surface area contributed by atoms with Gasteiger partial charge in [-0.05, 0) is 6.07 Å². The molecule has 1 aliphatic heterocycles. The Morgan fingerprint density at radius 3 is 3.20 bits per heavy atom. The summed E-state index contributed by atoms with van der Waals surface area (Å²) in [5.41, 5.74) is 9.00. The number of aromatic amines is 1. The van der Waals surface area contributed by atoms with Gasteiger partial charge in [0.2, 0.25) is 0 Å². The summed E-state index contributed by atoms with van der Waals surface area (Å²) in [6, 6.07) is 2.07. The summed E-state index contributed by atoms with van der Waals surface area (Å²) in [5, 5.41) is 0. The van der Waals surface area contributed by atoms with E-state index in [9.17, 15) is 0 Å². The van der Waals surface area contributed by atoms with E-state index in [2.05, 4.69) is 11.1 Å². The lowest BCUT2D eigenvalue weighted by Gasteiger charge is -1.90. The first-order chi connectivity index (χ1) is 4.90. The zero-order valence-electron chi connectivity index (χ0n) is 5.68. The van der Waals surface area contributed by atoms with Crippen LogP contribution >= 0.6 is 0 Å². The molecule has 0 saturated heterocycles. The Morgan fingerprint density at radius 1 is 1.60 bits per heavy atom. The molecule has 0 atom stereocenters. The highest BCUT2D eigenvalue weighted by Crippen LogP contribution is 2.19. The Morgan fingerprint density at radius 2 is 2.50 bits per heavy atom. The van der Waals surface area contributed by atoms with E-state index in [1.54, 1.807) is 0 Å². The van der Waals surface area contributed by atoms with Crippen LogP contribution in [-0.4, -0.2) is 4.98 Å². The SMILES string of the molecule is NCc1cc2c([nH]1)COC2. The molecular weight excluding hydrogens is 128 g/mol. The average molecular weight is 138 g/mol. The molecule has 0 radical (unpaired) electrons. The molecule has 1 aromatic heterocycles. The summed E-state index contributed by atoms with van der Waals surface area (Å²) in [5.74, 6) is 0. The van der Waals surface area contributed by atoms with Gasteiger partial charge in [-0.1, -0.05) is 0 Å². The summed E-state index contributed by atoms with van der Waals surface area (Å²) < 4.78 is 5.18. The molecule has 2 rings (SSSR count). The van der Waals surface area contributed by atoms with E-state index < -0.39 is 0 Å². The van der Waals surface area contributed by atoms with Crippen LogP contribution in [0.3, 0.4) is 0 Å². The number of nitrogens with one attached hydrogen (secondary N) is 1. The number of H-pyrrole nitrogens is 1. The van der Waals surface area contributed by atoms with Gasteiger partial charge in [0, 0.05) is 23.5 Å². The minimum absolute atomic E-state index is 0.590. The van der Waals surface area contributed by atoms with Gasteiger partial charge in [0.15, 0.2) is 0 Å². The Balaban J connectivity index is 2.37. The van der Waals surface area contributed by atoms with Crippen molar-refractivity contribution in [3.05, 3.63) is 23.0 Å². The molecule has 1 aliphatic rings. The highest BCUT2D eigenvalue weighted by Gasteiger charge is 2.13. The fourth-order valence-electron chi connectivity index (χ4n) is 1.24. The van der Waals surface area contributed by atoms with Crippen LogP contribution < -0.4 is 5.73 Å². The predicted molar refractivity (Wildman–Crippen MR) is 37.2 cm³/mol. The lowest BCUT2D eigenvalue weighted by atomic mass is 10.3. The van der Waals surface area contributed by atoms with Gasteiger partial charge in [0.05, 0.1) is 13.2 Å². The molecule has 0 aliphatic carbocycles. The zero-order valence-corrected chi connectivity index (χ0v) is 5.68. The second-order valence-corrected chi connectivity index (χ2v) is 2.50. The first kappa shape index (κ1) is 5.95. The summed E-state index contributed by atoms with van der Waals surface area (Å²) in [4.78, 5) is 3.19. The normalized spacial score (nSPS) is 15.7. The van der Waals surface area contributed by atoms with Crippen molar-refractivity contribution in [2.24, 2.45) is 5.73 Å². The molecule has 0 spiro atoms. The van der Waals surface area contributed by atoms with Crippen LogP contribution in [0, 0.1) is 0 Å². The predicted octanol–water partition coefficient (Wildman–Crippen LogP) is 0.504. The van der Waals surface area contributed by atoms with E-state index in [1.165, 1.54) is 11.3 Å². The molecule has 10 heavy (non-hydrogen) atoms. The van der Waals surface area contributed by atoms with Gasteiger partial charge >= 0.3 is 0 Å². The third-order valence-electron chi connectivity index (χ3n) is 1.77. The Bertz CT molecular complexity index is 220. The van der Waals surface area contributed by atoms with E-state index >= 15 is 0 Å². The molecule has 1 aromatic rings. The zero-order chi connectivity index (χ0) is 6.97. The molecule has 0 unspecified atom stereocenters. The quantitative estimate of drug-likeness (QED) is 0.593. The number of nitrogens with two attached hydrogens (primary N) is 1. The van der Waals surface area contributed by atoms with E-state index in [1.807, 2.05) is 0 Å². The number of ether oxygens (including phenoxy) is 1. The van der Waals surface area contributed by atoms with Crippen molar-refractivity contribution < 1.29 is 4.74 Å². The van der Waals surface area contributed by atoms with Gasteiger partial charge in [0.1, 0.15) is 0 Å². The van der Waals surface area contributed by atoms with Crippen molar-refractivity contribution >= 4 is 0 Å². The smallest absolute Gasteiger partial charge is 0.0874 e. The summed E-state index contributed by atoms with van der Waals surface area (Å²) in [6.07, 6.45) is 0. The van der Waals surface area contributed by atoms with Gasteiger partial charge in [-0.3, -0.25) is 0 Å². The van der Waals surface area contributed by atoms with Gasteiger partial charge in [-0.2, -0.15) is 0 Å². The van der Waals surface area contributed by atoms with Crippen LogP contribution in [0.1, 0.15) is 17.0 Å². The number of hydrogen-bond acceptors (Lipinski definition) is 2. The minimum Gasteiger partial charge on any atom is -0.370 e. The van der Waals surface area contributed by atoms with Crippen molar-refractivity contribution in [1.29, 1.82) is 0 Å². The highest BCUT2D eigenvalue weighted by molar-refractivity contribution is 5.26. The average Bonchev–Trinajstić information content (AvgIpc) is 2.42. The lowest BCUT2D eigenvalue weighted by Crippen LogP contribution is -1.96. The topological polar surface area (TPSA) is 51.0 Å². The fraction of sp³-hybridized carbons (Fsp3) is 0.429. The highest BCUT2D eigenvalue weighted by atomic mass is 16.5. The summed E-state index contributed by atoms with van der Waals surface area (Å²) >= 11 is 0. The molecule has 0 fully saturated rings. The van der Waals surface area contributed by atoms with Crippen molar-refractivity contribution in [2.75, 3.05) is 0 Å². The van der Waals surface area contributed by atoms with Crippen LogP contribution in [0.2, 0.25) is 0 Å². The van der Waals surface area contributed by atoms with Crippen LogP contribution in [0.25, 0.3) is 0 Å². The molecule has 3 heteroatoms. The monoisotopic (exact) mass is 138 g/mol. The first-order valence-corrected chi connectivity index (χ1v) is 3.37. The summed E-state index contributed by atoms with van der Waals surface area (Å²) in [7, 11) is 0. The van der Waals surface area contributed by atoms with Crippen LogP contribution in [0.15, 0.2) is 6.07 Å². The Labute approximate surface area is 59.2 Å². The molecule has 3 N–H and O–H groups in total. The van der Waals surface area contributed by atoms with Gasteiger partial charge < -0.3 is 15.5 Å². The molecule has 0 amide bonds. The van der Waals surface area contributed by atoms with Crippen molar-refractivity contribution in [2.45, 2.75) is 19.8 Å². The number of hydrogen-bond donors (Lipinski definition) is 2. The largest absolute Gasteiger partial charge is 0.370 e. The standard InChI is InChI=1S/C7H10N2O/c8-2-6-1-5-3-10-4-7(5)9-6/h1,9H,2-4,8H2. The van der Waals surface area contributed by atoms with Crippen molar-refractivity contribution in [3.63, 3.8) is 0 Å². The molecule has 3 nitrogen and oxygen atoms in total. The number of fused-ring (bicyclic) bond motifs is 1. The minimum atomic E-state index is 0.590. The van der Waals surface area contributed by atoms with E-state index in [4.69, 9.17) is 10.5 Å². The fourth-order valence-corrected chi connectivity index (χ4v) is 1.24. The third kappa shape index (κ3) is 0.751. The molecule has 2 heterocycles. The Hall–Kier alpha value is -0.800. The van der Waals surface area contributed by atoms with Crippen molar-refractivity contribution in [3.8, 4) is 0 Å². The summed E-state index contributed by atoms with van der Waals surface area (Å²) in [6.45, 7) is 2.05. The maximum absolute atomic E-state index is 5.44. The van der Waals surface area contributed by atoms with Gasteiger partial charge in [-0.25, -0.2) is 0 Å². The molecule has 0 bridgehead atoms.